The molecule has 0 N–H and O–H groups in total. The summed E-state index contributed by atoms with van der Waals surface area (Å²) in [6.07, 6.45) is 0. The van der Waals surface area contributed by atoms with E-state index in [0.717, 1.165) is 6.04 Å². The lowest BCUT2D eigenvalue weighted by molar-refractivity contribution is 0.325. The molecule has 0 aromatic rings. The maximum absolute atomic E-state index is 6.71. The lowest BCUT2D eigenvalue weighted by Gasteiger charge is -2.42. The van der Waals surface area contributed by atoms with Crippen molar-refractivity contribution in [3.8, 4) is 0 Å². The zero-order valence-corrected chi connectivity index (χ0v) is 22.4. The highest BCUT2D eigenvalue weighted by molar-refractivity contribution is 6.90. The minimum absolute atomic E-state index is 1.05. The summed E-state index contributed by atoms with van der Waals surface area (Å²) >= 11 is 0. The largest absolute Gasteiger partial charge is 0.437 e. The van der Waals surface area contributed by atoms with Crippen LogP contribution in [0.15, 0.2) is 12.3 Å². The molecule has 0 saturated heterocycles. The van der Waals surface area contributed by atoms with Gasteiger partial charge in [0.25, 0.3) is 0 Å². The van der Waals surface area contributed by atoms with Crippen LogP contribution in [0, 0.1) is 0 Å². The minimum atomic E-state index is -2.24. The van der Waals surface area contributed by atoms with Crippen molar-refractivity contribution in [1.29, 1.82) is 0 Å². The summed E-state index contributed by atoms with van der Waals surface area (Å²) in [7, 11) is -9.02. The van der Waals surface area contributed by atoms with Crippen LogP contribution < -0.4 is 0 Å². The predicted molar refractivity (Wildman–Crippen MR) is 116 cm³/mol. The van der Waals surface area contributed by atoms with Gasteiger partial charge in [-0.2, -0.15) is 0 Å². The quantitative estimate of drug-likeness (QED) is 0.420. The highest BCUT2D eigenvalue weighted by Gasteiger charge is 2.44. The third-order valence-corrected chi connectivity index (χ3v) is 19.9. The molecule has 0 aliphatic rings. The summed E-state index contributed by atoms with van der Waals surface area (Å²) in [5, 5.41) is 0. The maximum atomic E-state index is 6.71. The van der Waals surface area contributed by atoms with Gasteiger partial charge >= 0.3 is 17.1 Å². The number of hydrogen-bond donors (Lipinski definition) is 0. The minimum Gasteiger partial charge on any atom is -0.437 e. The Kier molecular flexibility index (Phi) is 8.18. The maximum Gasteiger partial charge on any atom is 0.315 e. The van der Waals surface area contributed by atoms with Crippen LogP contribution in [0.5, 0.6) is 0 Å². The van der Waals surface area contributed by atoms with Gasteiger partial charge in [-0.25, -0.2) is 0 Å². The summed E-state index contributed by atoms with van der Waals surface area (Å²) in [5.41, 5.74) is 2.18. The number of rotatable bonds is 10. The molecule has 0 rings (SSSR count). The van der Waals surface area contributed by atoms with Crippen LogP contribution in [0.25, 0.3) is 0 Å². The summed E-state index contributed by atoms with van der Waals surface area (Å²) in [4.78, 5) is 0. The molecule has 0 spiro atoms. The van der Waals surface area contributed by atoms with E-state index in [1.54, 1.807) is 0 Å². The van der Waals surface area contributed by atoms with Gasteiger partial charge in [0.05, 0.1) is 8.07 Å². The Bertz CT molecular complexity index is 399. The van der Waals surface area contributed by atoms with Gasteiger partial charge in [0.15, 0.2) is 16.6 Å². The van der Waals surface area contributed by atoms with E-state index in [1.807, 2.05) is 0 Å². The first-order chi connectivity index (χ1) is 9.89. The van der Waals surface area contributed by atoms with Crippen LogP contribution in [0.4, 0.5) is 0 Å². The Hall–Kier alpha value is 0.704. The van der Waals surface area contributed by atoms with Gasteiger partial charge in [0.1, 0.15) is 0 Å². The molecule has 23 heavy (non-hydrogen) atoms. The van der Waals surface area contributed by atoms with Crippen LogP contribution in [0.3, 0.4) is 0 Å². The molecule has 0 aromatic heterocycles. The molecule has 1 atom stereocenters. The van der Waals surface area contributed by atoms with Gasteiger partial charge in [-0.15, -0.1) is 12.3 Å². The Morgan fingerprint density at radius 3 is 1.43 bits per heavy atom. The van der Waals surface area contributed by atoms with Crippen LogP contribution in [0.1, 0.15) is 0 Å². The topological polar surface area (TPSA) is 27.7 Å². The Morgan fingerprint density at radius 1 is 0.652 bits per heavy atom. The molecule has 138 valence electrons. The van der Waals surface area contributed by atoms with E-state index < -0.39 is 41.8 Å². The molecular weight excluding hydrogens is 369 g/mol. The van der Waals surface area contributed by atoms with Gasteiger partial charge in [-0.3, -0.25) is 0 Å². The normalized spacial score (nSPS) is 17.0. The van der Waals surface area contributed by atoms with Gasteiger partial charge < -0.3 is 12.3 Å². The van der Waals surface area contributed by atoms with E-state index in [-0.39, 0.29) is 0 Å². The molecule has 0 saturated carbocycles. The van der Waals surface area contributed by atoms with E-state index in [1.165, 1.54) is 6.04 Å². The molecule has 1 unspecified atom stereocenters. The predicted octanol–water partition coefficient (Wildman–Crippen LogP) is 5.91. The van der Waals surface area contributed by atoms with Gasteiger partial charge in [0.2, 0.25) is 0 Å². The Morgan fingerprint density at radius 2 is 1.09 bits per heavy atom. The van der Waals surface area contributed by atoms with Crippen molar-refractivity contribution < 1.29 is 12.3 Å². The average Bonchev–Trinajstić information content (AvgIpc) is 2.19. The summed E-state index contributed by atoms with van der Waals surface area (Å²) < 4.78 is 19.7. The molecule has 0 fully saturated rings. The third kappa shape index (κ3) is 11.8. The lowest BCUT2D eigenvalue weighted by atomic mass is 10.9. The molecule has 0 bridgehead atoms. The Labute approximate surface area is 150 Å². The van der Waals surface area contributed by atoms with Crippen molar-refractivity contribution in [1.82, 2.24) is 0 Å². The first-order valence-electron chi connectivity index (χ1n) is 8.63. The zero-order valence-electron chi connectivity index (χ0n) is 17.4. The SMILES string of the molecule is C=C[Si](C)(C)CC[Si](C)(O[Si](C)(C)C)O[Si](C)(C)O[Si](C)(C)C. The molecule has 0 aliphatic heterocycles. The average molecular weight is 409 g/mol. The van der Waals surface area contributed by atoms with E-state index >= 15 is 0 Å². The van der Waals surface area contributed by atoms with Crippen molar-refractivity contribution in [2.75, 3.05) is 0 Å². The van der Waals surface area contributed by atoms with Crippen molar-refractivity contribution >= 4 is 41.8 Å². The van der Waals surface area contributed by atoms with Crippen LogP contribution in [-0.2, 0) is 12.3 Å². The fourth-order valence-corrected chi connectivity index (χ4v) is 24.4. The second-order valence-electron chi connectivity index (χ2n) is 9.76. The van der Waals surface area contributed by atoms with Crippen molar-refractivity contribution in [3.63, 3.8) is 0 Å². The summed E-state index contributed by atoms with van der Waals surface area (Å²) in [5.74, 6) is 0. The Balaban J connectivity index is 5.24. The molecule has 0 aliphatic carbocycles. The first kappa shape index (κ1) is 23.7. The highest BCUT2D eigenvalue weighted by atomic mass is 28.5. The molecule has 3 nitrogen and oxygen atoms in total. The fraction of sp³-hybridized carbons (Fsp3) is 0.867. The molecule has 0 heterocycles. The molecule has 0 amide bonds. The second-order valence-corrected chi connectivity index (χ2v) is 31.1. The molecule has 0 radical (unpaired) electrons. The third-order valence-electron chi connectivity index (χ3n) is 3.31. The first-order valence-corrected chi connectivity index (χ1v) is 24.1. The zero-order chi connectivity index (χ0) is 18.7. The van der Waals surface area contributed by atoms with Crippen LogP contribution >= 0.6 is 0 Å². The van der Waals surface area contributed by atoms with E-state index in [9.17, 15) is 0 Å². The second kappa shape index (κ2) is 7.94. The van der Waals surface area contributed by atoms with Gasteiger partial charge in [0, 0.05) is 0 Å². The van der Waals surface area contributed by atoms with Crippen LogP contribution in [0.2, 0.25) is 84.1 Å². The smallest absolute Gasteiger partial charge is 0.315 e. The standard InChI is InChI=1S/C15H40O3Si5/c1-13-21(8,9)14-15-23(12,17-20(5,6)7)18-22(10,11)16-19(2,3)4/h13H,1,14-15H2,2-12H3. The van der Waals surface area contributed by atoms with Crippen molar-refractivity contribution in [2.45, 2.75) is 84.1 Å². The molecule has 0 aromatic carbocycles. The van der Waals surface area contributed by atoms with E-state index in [4.69, 9.17) is 12.3 Å². The monoisotopic (exact) mass is 408 g/mol. The van der Waals surface area contributed by atoms with E-state index in [2.05, 4.69) is 84.3 Å². The lowest BCUT2D eigenvalue weighted by Crippen LogP contribution is -2.57. The molecule has 8 heteroatoms. The van der Waals surface area contributed by atoms with Crippen molar-refractivity contribution in [3.05, 3.63) is 12.3 Å². The number of hydrogen-bond acceptors (Lipinski definition) is 3. The summed E-state index contributed by atoms with van der Waals surface area (Å²) in [6.45, 7) is 28.8. The van der Waals surface area contributed by atoms with E-state index in [0.29, 0.717) is 0 Å². The van der Waals surface area contributed by atoms with Crippen LogP contribution in [-0.4, -0.2) is 41.8 Å². The summed E-state index contributed by atoms with van der Waals surface area (Å²) in [6, 6.07) is 2.23. The molecular formula is C15H40O3Si5. The van der Waals surface area contributed by atoms with Crippen molar-refractivity contribution in [2.24, 2.45) is 0 Å². The fourth-order valence-electron chi connectivity index (χ4n) is 2.70. The van der Waals surface area contributed by atoms with Gasteiger partial charge in [-0.1, -0.05) is 19.1 Å². The van der Waals surface area contributed by atoms with Gasteiger partial charge in [-0.05, 0) is 65.0 Å². The highest BCUT2D eigenvalue weighted by Crippen LogP contribution is 2.30.